The van der Waals surface area contributed by atoms with E-state index in [4.69, 9.17) is 10.5 Å². The van der Waals surface area contributed by atoms with Crippen molar-refractivity contribution in [3.8, 4) is 0 Å². The van der Waals surface area contributed by atoms with Crippen molar-refractivity contribution in [3.05, 3.63) is 0 Å². The first-order valence-electron chi connectivity index (χ1n) is 9.32. The molecule has 0 bridgehead atoms. The molecule has 4 atom stereocenters. The topological polar surface area (TPSA) is 76.4 Å². The third-order valence-corrected chi connectivity index (χ3v) is 5.21. The van der Waals surface area contributed by atoms with E-state index in [1.165, 1.54) is 44.9 Å². The van der Waals surface area contributed by atoms with Gasteiger partial charge in [-0.2, -0.15) is 0 Å². The smallest absolute Gasteiger partial charge is 0.407 e. The minimum Gasteiger partial charge on any atom is -0.444 e. The van der Waals surface area contributed by atoms with Gasteiger partial charge in [0, 0.05) is 18.6 Å². The van der Waals surface area contributed by atoms with E-state index < -0.39 is 5.60 Å². The molecular formula is C18H35N3O2. The Balaban J connectivity index is 1.82. The van der Waals surface area contributed by atoms with Gasteiger partial charge in [-0.15, -0.1) is 0 Å². The molecule has 1 amide bonds. The van der Waals surface area contributed by atoms with Gasteiger partial charge in [0.15, 0.2) is 0 Å². The van der Waals surface area contributed by atoms with Crippen LogP contribution in [0.1, 0.15) is 65.7 Å². The van der Waals surface area contributed by atoms with Crippen LogP contribution in [0.2, 0.25) is 0 Å². The Kier molecular flexibility index (Phi) is 6.72. The van der Waals surface area contributed by atoms with E-state index >= 15 is 0 Å². The molecule has 0 aromatic heterocycles. The first-order chi connectivity index (χ1) is 10.9. The summed E-state index contributed by atoms with van der Waals surface area (Å²) in [5.74, 6) is 1.12. The Morgan fingerprint density at radius 2 is 1.65 bits per heavy atom. The van der Waals surface area contributed by atoms with Gasteiger partial charge in [-0.1, -0.05) is 19.3 Å². The van der Waals surface area contributed by atoms with Gasteiger partial charge in [-0.05, 0) is 64.8 Å². The lowest BCUT2D eigenvalue weighted by atomic mass is 9.83. The molecule has 2 aliphatic rings. The largest absolute Gasteiger partial charge is 0.444 e. The van der Waals surface area contributed by atoms with Crippen LogP contribution in [0.25, 0.3) is 0 Å². The minimum atomic E-state index is -0.438. The monoisotopic (exact) mass is 325 g/mol. The summed E-state index contributed by atoms with van der Waals surface area (Å²) in [5.41, 5.74) is 5.47. The molecule has 0 aliphatic heterocycles. The summed E-state index contributed by atoms with van der Waals surface area (Å²) in [6, 6.07) is 1.06. The third kappa shape index (κ3) is 5.96. The summed E-state index contributed by atoms with van der Waals surface area (Å²) in [7, 11) is 0. The molecule has 2 aliphatic carbocycles. The fraction of sp³-hybridized carbons (Fsp3) is 0.944. The average molecular weight is 325 g/mol. The number of carbonyl (C=O) groups is 1. The molecule has 2 saturated carbocycles. The number of nitrogens with one attached hydrogen (secondary N) is 2. The molecule has 0 radical (unpaired) electrons. The second-order valence-electron chi connectivity index (χ2n) is 8.23. The Labute approximate surface area is 141 Å². The number of rotatable bonds is 5. The van der Waals surface area contributed by atoms with Crippen molar-refractivity contribution in [2.45, 2.75) is 83.4 Å². The second-order valence-corrected chi connectivity index (χ2v) is 8.23. The minimum absolute atomic E-state index is 0.303. The molecule has 134 valence electrons. The number of hydrogen-bond donors (Lipinski definition) is 3. The number of alkyl carbamates (subject to hydrolysis) is 1. The van der Waals surface area contributed by atoms with E-state index in [2.05, 4.69) is 10.6 Å². The first kappa shape index (κ1) is 18.5. The molecule has 0 aromatic carbocycles. The van der Waals surface area contributed by atoms with Gasteiger partial charge in [-0.3, -0.25) is 0 Å². The van der Waals surface area contributed by atoms with E-state index in [0.29, 0.717) is 30.5 Å². The van der Waals surface area contributed by atoms with Gasteiger partial charge in [-0.25, -0.2) is 4.79 Å². The predicted molar refractivity (Wildman–Crippen MR) is 93.3 cm³/mol. The van der Waals surface area contributed by atoms with E-state index in [1.807, 2.05) is 20.8 Å². The summed E-state index contributed by atoms with van der Waals surface area (Å²) in [4.78, 5) is 11.9. The van der Waals surface area contributed by atoms with Gasteiger partial charge in [0.2, 0.25) is 0 Å². The van der Waals surface area contributed by atoms with Crippen LogP contribution in [0, 0.1) is 11.8 Å². The number of ether oxygens (including phenoxy) is 1. The van der Waals surface area contributed by atoms with Crippen molar-refractivity contribution in [2.75, 3.05) is 13.1 Å². The van der Waals surface area contributed by atoms with Gasteiger partial charge in [0.25, 0.3) is 0 Å². The Morgan fingerprint density at radius 3 is 2.35 bits per heavy atom. The molecule has 0 spiro atoms. The molecule has 5 heteroatoms. The van der Waals surface area contributed by atoms with Crippen LogP contribution < -0.4 is 16.4 Å². The number of hydrogen-bond acceptors (Lipinski definition) is 4. The number of nitrogens with two attached hydrogens (primary N) is 1. The summed E-state index contributed by atoms with van der Waals surface area (Å²) in [6.07, 6.45) is 8.38. The molecule has 2 rings (SSSR count). The summed E-state index contributed by atoms with van der Waals surface area (Å²) in [6.45, 7) is 7.16. The van der Waals surface area contributed by atoms with Crippen LogP contribution in [0.4, 0.5) is 4.79 Å². The molecule has 2 fully saturated rings. The molecule has 5 nitrogen and oxygen atoms in total. The summed E-state index contributed by atoms with van der Waals surface area (Å²) in [5, 5.41) is 6.83. The van der Waals surface area contributed by atoms with Crippen LogP contribution in [-0.4, -0.2) is 36.9 Å². The highest BCUT2D eigenvalue weighted by Crippen LogP contribution is 2.29. The number of carbonyl (C=O) groups excluding carboxylic acids is 1. The quantitative estimate of drug-likeness (QED) is 0.726. The van der Waals surface area contributed by atoms with E-state index in [1.54, 1.807) is 0 Å². The van der Waals surface area contributed by atoms with E-state index in [9.17, 15) is 4.79 Å². The van der Waals surface area contributed by atoms with Crippen molar-refractivity contribution in [3.63, 3.8) is 0 Å². The van der Waals surface area contributed by atoms with E-state index in [-0.39, 0.29) is 6.09 Å². The zero-order valence-electron chi connectivity index (χ0n) is 15.1. The maximum atomic E-state index is 11.9. The van der Waals surface area contributed by atoms with Crippen molar-refractivity contribution in [1.29, 1.82) is 0 Å². The summed E-state index contributed by atoms with van der Waals surface area (Å²) < 4.78 is 5.34. The lowest BCUT2D eigenvalue weighted by Gasteiger charge is -2.36. The zero-order valence-corrected chi connectivity index (χ0v) is 15.1. The maximum Gasteiger partial charge on any atom is 0.407 e. The fourth-order valence-corrected chi connectivity index (χ4v) is 4.01. The fourth-order valence-electron chi connectivity index (χ4n) is 4.01. The highest BCUT2D eigenvalue weighted by molar-refractivity contribution is 5.67. The van der Waals surface area contributed by atoms with Crippen molar-refractivity contribution < 1.29 is 9.53 Å². The van der Waals surface area contributed by atoms with Crippen molar-refractivity contribution in [2.24, 2.45) is 17.6 Å². The van der Waals surface area contributed by atoms with Crippen LogP contribution in [0.5, 0.6) is 0 Å². The van der Waals surface area contributed by atoms with Gasteiger partial charge >= 0.3 is 6.09 Å². The lowest BCUT2D eigenvalue weighted by Crippen LogP contribution is -2.50. The third-order valence-electron chi connectivity index (χ3n) is 5.21. The van der Waals surface area contributed by atoms with Gasteiger partial charge in [0.05, 0.1) is 0 Å². The Bertz CT molecular complexity index is 381. The standard InChI is InChI=1S/C18H35N3O2/c1-18(2,3)23-17(22)20-12-14-7-4-5-9-16(14)21-15-10-6-8-13(15)11-19/h13-16,21H,4-12,19H2,1-3H3,(H,20,22). The van der Waals surface area contributed by atoms with E-state index in [0.717, 1.165) is 6.54 Å². The van der Waals surface area contributed by atoms with Gasteiger partial charge in [0.1, 0.15) is 5.60 Å². The number of amides is 1. The summed E-state index contributed by atoms with van der Waals surface area (Å²) >= 11 is 0. The molecular weight excluding hydrogens is 290 g/mol. The van der Waals surface area contributed by atoms with Crippen LogP contribution in [0.3, 0.4) is 0 Å². The second kappa shape index (κ2) is 8.34. The average Bonchev–Trinajstić information content (AvgIpc) is 2.92. The first-order valence-corrected chi connectivity index (χ1v) is 9.32. The molecule has 4 N–H and O–H groups in total. The van der Waals surface area contributed by atoms with Crippen molar-refractivity contribution in [1.82, 2.24) is 10.6 Å². The van der Waals surface area contributed by atoms with Crippen LogP contribution in [-0.2, 0) is 4.74 Å². The molecule has 0 aromatic rings. The molecule has 4 unspecified atom stereocenters. The Morgan fingerprint density at radius 1 is 1.04 bits per heavy atom. The SMILES string of the molecule is CC(C)(C)OC(=O)NCC1CCCCC1NC1CCCC1CN. The van der Waals surface area contributed by atoms with Crippen molar-refractivity contribution >= 4 is 6.09 Å². The molecule has 0 heterocycles. The highest BCUT2D eigenvalue weighted by Gasteiger charge is 2.32. The highest BCUT2D eigenvalue weighted by atomic mass is 16.6. The molecule has 23 heavy (non-hydrogen) atoms. The molecule has 0 saturated heterocycles. The predicted octanol–water partition coefficient (Wildman–Crippen LogP) is 2.79. The van der Waals surface area contributed by atoms with Crippen LogP contribution in [0.15, 0.2) is 0 Å². The van der Waals surface area contributed by atoms with Gasteiger partial charge < -0.3 is 21.1 Å². The normalized spacial score (nSPS) is 31.8. The zero-order chi connectivity index (χ0) is 16.9. The Hall–Kier alpha value is -0.810. The van der Waals surface area contributed by atoms with Crippen LogP contribution >= 0.6 is 0 Å². The lowest BCUT2D eigenvalue weighted by molar-refractivity contribution is 0.0509. The maximum absolute atomic E-state index is 11.9.